The molecule has 1 saturated heterocycles. The molecule has 2 aromatic heterocycles. The fraction of sp³-hybridized carbons (Fsp3) is 0.471. The van der Waals surface area contributed by atoms with Gasteiger partial charge < -0.3 is 19.5 Å². The van der Waals surface area contributed by atoms with Crippen molar-refractivity contribution < 1.29 is 9.53 Å². The Morgan fingerprint density at radius 3 is 2.92 bits per heavy atom. The van der Waals surface area contributed by atoms with Crippen LogP contribution in [0.2, 0.25) is 0 Å². The molecule has 1 amide bonds. The van der Waals surface area contributed by atoms with Crippen molar-refractivity contribution in [3.8, 4) is 0 Å². The van der Waals surface area contributed by atoms with E-state index in [-0.39, 0.29) is 24.5 Å². The van der Waals surface area contributed by atoms with E-state index in [4.69, 9.17) is 4.74 Å². The quantitative estimate of drug-likeness (QED) is 0.838. The number of imidazole rings is 1. The molecule has 0 aliphatic carbocycles. The Hall–Kier alpha value is -2.25. The molecule has 7 nitrogen and oxygen atoms in total. The first-order valence-corrected chi connectivity index (χ1v) is 8.04. The third-order valence-corrected chi connectivity index (χ3v) is 4.31. The van der Waals surface area contributed by atoms with Gasteiger partial charge in [-0.2, -0.15) is 0 Å². The maximum absolute atomic E-state index is 12.2. The lowest BCUT2D eigenvalue weighted by Crippen LogP contribution is -2.41. The number of amides is 1. The van der Waals surface area contributed by atoms with Crippen LogP contribution in [0.15, 0.2) is 37.1 Å². The number of likely N-dealkylation sites (N-methyl/N-ethyl adjacent to an activating group) is 1. The van der Waals surface area contributed by atoms with Gasteiger partial charge in [-0.3, -0.25) is 9.78 Å². The molecule has 0 bridgehead atoms. The van der Waals surface area contributed by atoms with E-state index in [1.165, 1.54) is 0 Å². The molecule has 1 aliphatic heterocycles. The van der Waals surface area contributed by atoms with Gasteiger partial charge in [0, 0.05) is 50.3 Å². The van der Waals surface area contributed by atoms with Crippen molar-refractivity contribution in [1.82, 2.24) is 24.8 Å². The number of carbonyl (C=O) groups is 1. The lowest BCUT2D eigenvalue weighted by Gasteiger charge is -2.20. The summed E-state index contributed by atoms with van der Waals surface area (Å²) >= 11 is 0. The topological polar surface area (TPSA) is 72.3 Å². The van der Waals surface area contributed by atoms with Crippen LogP contribution in [0.1, 0.15) is 17.2 Å². The minimum absolute atomic E-state index is 0.0488. The highest BCUT2D eigenvalue weighted by atomic mass is 16.5. The predicted molar refractivity (Wildman–Crippen MR) is 89.3 cm³/mol. The Labute approximate surface area is 141 Å². The van der Waals surface area contributed by atoms with Gasteiger partial charge in [-0.15, -0.1) is 0 Å². The van der Waals surface area contributed by atoms with Crippen LogP contribution in [0.25, 0.3) is 0 Å². The van der Waals surface area contributed by atoms with Crippen LogP contribution in [-0.4, -0.2) is 58.1 Å². The van der Waals surface area contributed by atoms with Crippen LogP contribution in [-0.2, 0) is 23.2 Å². The van der Waals surface area contributed by atoms with Crippen LogP contribution in [0, 0.1) is 0 Å². The van der Waals surface area contributed by atoms with Crippen molar-refractivity contribution in [2.75, 3.05) is 26.7 Å². The summed E-state index contributed by atoms with van der Waals surface area (Å²) in [6, 6.07) is 3.85. The monoisotopic (exact) mass is 329 g/mol. The average Bonchev–Trinajstić information content (AvgIpc) is 3.13. The molecular formula is C17H23N5O2. The van der Waals surface area contributed by atoms with Gasteiger partial charge in [0.25, 0.3) is 0 Å². The van der Waals surface area contributed by atoms with E-state index < -0.39 is 0 Å². The molecule has 0 aromatic carbocycles. The number of carbonyl (C=O) groups excluding carboxylic acids is 1. The van der Waals surface area contributed by atoms with Gasteiger partial charge in [-0.1, -0.05) is 6.07 Å². The van der Waals surface area contributed by atoms with E-state index in [1.807, 2.05) is 29.9 Å². The Bertz CT molecular complexity index is 673. The fourth-order valence-electron chi connectivity index (χ4n) is 3.16. The summed E-state index contributed by atoms with van der Waals surface area (Å²) in [5, 5.41) is 3.10. The van der Waals surface area contributed by atoms with E-state index >= 15 is 0 Å². The summed E-state index contributed by atoms with van der Waals surface area (Å²) < 4.78 is 7.50. The number of ether oxygens (including phenoxy) is 1. The first-order chi connectivity index (χ1) is 11.6. The molecule has 7 heteroatoms. The van der Waals surface area contributed by atoms with Crippen molar-refractivity contribution in [2.45, 2.75) is 18.6 Å². The summed E-state index contributed by atoms with van der Waals surface area (Å²) in [6.45, 7) is 2.16. The fourth-order valence-corrected chi connectivity index (χ4v) is 3.16. The number of aromatic nitrogens is 3. The van der Waals surface area contributed by atoms with E-state index in [9.17, 15) is 4.79 Å². The number of nitrogens with one attached hydrogen (secondary N) is 1. The number of rotatable bonds is 6. The Morgan fingerprint density at radius 2 is 2.21 bits per heavy atom. The molecular weight excluding hydrogens is 306 g/mol. The maximum atomic E-state index is 12.2. The molecule has 128 valence electrons. The van der Waals surface area contributed by atoms with E-state index in [0.717, 1.165) is 24.3 Å². The number of aryl methyl sites for hydroxylation is 1. The maximum Gasteiger partial charge on any atom is 0.246 e. The molecule has 1 N–H and O–H groups in total. The number of pyridine rings is 1. The lowest BCUT2D eigenvalue weighted by molar-refractivity contribution is -0.126. The molecule has 2 aromatic rings. The number of likely N-dealkylation sites (tertiary alicyclic amines) is 1. The van der Waals surface area contributed by atoms with Crippen LogP contribution in [0.3, 0.4) is 0 Å². The van der Waals surface area contributed by atoms with Gasteiger partial charge in [0.05, 0.1) is 19.0 Å². The van der Waals surface area contributed by atoms with Crippen molar-refractivity contribution >= 4 is 5.91 Å². The molecule has 1 aliphatic rings. The Morgan fingerprint density at radius 1 is 1.33 bits per heavy atom. The van der Waals surface area contributed by atoms with Gasteiger partial charge in [0.15, 0.2) is 0 Å². The van der Waals surface area contributed by atoms with Crippen molar-refractivity contribution in [3.63, 3.8) is 0 Å². The molecule has 3 rings (SSSR count). The number of hydrogen-bond acceptors (Lipinski definition) is 5. The standard InChI is InChI=1S/C17H23N5O2/c1-21-8-14(16-7-19-12-22(16)2)15(9-21)20-17(23)11-24-10-13-4-3-5-18-6-13/h3-7,12,14-15H,8-11H2,1-2H3,(H,20,23)/t14-,15-/m1/s1. The van der Waals surface area contributed by atoms with Gasteiger partial charge in [0.1, 0.15) is 6.61 Å². The minimum Gasteiger partial charge on any atom is -0.367 e. The lowest BCUT2D eigenvalue weighted by atomic mass is 10.00. The summed E-state index contributed by atoms with van der Waals surface area (Å²) in [4.78, 5) is 22.6. The van der Waals surface area contributed by atoms with Crippen LogP contribution >= 0.6 is 0 Å². The molecule has 2 atom stereocenters. The summed E-state index contributed by atoms with van der Waals surface area (Å²) in [6.07, 6.45) is 7.12. The summed E-state index contributed by atoms with van der Waals surface area (Å²) in [5.74, 6) is 0.149. The Balaban J connectivity index is 1.52. The second-order valence-corrected chi connectivity index (χ2v) is 6.29. The normalized spacial score (nSPS) is 21.1. The second kappa shape index (κ2) is 7.55. The highest BCUT2D eigenvalue weighted by Gasteiger charge is 2.34. The SMILES string of the molecule is CN1C[C@@H](NC(=O)COCc2cccnc2)[C@H](c2cncn2C)C1. The minimum atomic E-state index is -0.0913. The molecule has 1 fully saturated rings. The first kappa shape index (κ1) is 16.6. The zero-order valence-electron chi connectivity index (χ0n) is 14.1. The van der Waals surface area contributed by atoms with E-state index in [2.05, 4.69) is 27.2 Å². The smallest absolute Gasteiger partial charge is 0.246 e. The highest BCUT2D eigenvalue weighted by molar-refractivity contribution is 5.77. The second-order valence-electron chi connectivity index (χ2n) is 6.29. The van der Waals surface area contributed by atoms with Crippen LogP contribution < -0.4 is 5.32 Å². The summed E-state index contributed by atoms with van der Waals surface area (Å²) in [7, 11) is 4.05. The largest absolute Gasteiger partial charge is 0.367 e. The average molecular weight is 329 g/mol. The molecule has 0 radical (unpaired) electrons. The van der Waals surface area contributed by atoms with Gasteiger partial charge in [-0.25, -0.2) is 4.98 Å². The molecule has 3 heterocycles. The molecule has 0 saturated carbocycles. The van der Waals surface area contributed by atoms with Crippen LogP contribution in [0.5, 0.6) is 0 Å². The van der Waals surface area contributed by atoms with Crippen molar-refractivity contribution in [1.29, 1.82) is 0 Å². The zero-order valence-corrected chi connectivity index (χ0v) is 14.1. The van der Waals surface area contributed by atoms with Crippen molar-refractivity contribution in [3.05, 3.63) is 48.3 Å². The number of hydrogen-bond donors (Lipinski definition) is 1. The first-order valence-electron chi connectivity index (χ1n) is 8.04. The number of nitrogens with zero attached hydrogens (tertiary/aromatic N) is 4. The summed E-state index contributed by atoms with van der Waals surface area (Å²) in [5.41, 5.74) is 2.10. The molecule has 0 unspecified atom stereocenters. The predicted octanol–water partition coefficient (Wildman–Crippen LogP) is 0.546. The van der Waals surface area contributed by atoms with Gasteiger partial charge in [-0.05, 0) is 18.7 Å². The van der Waals surface area contributed by atoms with Crippen molar-refractivity contribution in [2.24, 2.45) is 7.05 Å². The Kier molecular flexibility index (Phi) is 5.22. The van der Waals surface area contributed by atoms with E-state index in [1.54, 1.807) is 18.7 Å². The van der Waals surface area contributed by atoms with Gasteiger partial charge >= 0.3 is 0 Å². The zero-order chi connectivity index (χ0) is 16.9. The molecule has 24 heavy (non-hydrogen) atoms. The van der Waals surface area contributed by atoms with E-state index in [0.29, 0.717) is 6.61 Å². The van der Waals surface area contributed by atoms with Gasteiger partial charge in [0.2, 0.25) is 5.91 Å². The third-order valence-electron chi connectivity index (χ3n) is 4.31. The third kappa shape index (κ3) is 3.98. The molecule has 0 spiro atoms. The van der Waals surface area contributed by atoms with Crippen LogP contribution in [0.4, 0.5) is 0 Å². The highest BCUT2D eigenvalue weighted by Crippen LogP contribution is 2.26.